The number of anilines is 1. The largest absolute Gasteiger partial charge is 0.309 e. The van der Waals surface area contributed by atoms with Gasteiger partial charge in [-0.25, -0.2) is 15.0 Å². The van der Waals surface area contributed by atoms with Crippen molar-refractivity contribution in [1.82, 2.24) is 29.3 Å². The summed E-state index contributed by atoms with van der Waals surface area (Å²) in [6.07, 6.45) is 1.28. The number of rotatable bonds is 4. The van der Waals surface area contributed by atoms with Crippen LogP contribution in [-0.4, -0.2) is 35.2 Å². The predicted molar refractivity (Wildman–Crippen MR) is 118 cm³/mol. The van der Waals surface area contributed by atoms with Crippen LogP contribution in [0.25, 0.3) is 16.9 Å². The monoisotopic (exact) mass is 457 g/mol. The van der Waals surface area contributed by atoms with Crippen molar-refractivity contribution in [2.24, 2.45) is 0 Å². The van der Waals surface area contributed by atoms with E-state index >= 15 is 0 Å². The van der Waals surface area contributed by atoms with Crippen molar-refractivity contribution in [3.8, 4) is 5.95 Å². The third-order valence-corrected chi connectivity index (χ3v) is 4.92. The van der Waals surface area contributed by atoms with E-state index in [0.717, 1.165) is 11.4 Å². The van der Waals surface area contributed by atoms with Gasteiger partial charge >= 0.3 is 0 Å². The van der Waals surface area contributed by atoms with E-state index in [1.54, 1.807) is 13.0 Å². The number of carbonyl (C=O) groups is 1. The maximum atomic E-state index is 12.8. The number of amides is 1. The lowest BCUT2D eigenvalue weighted by Crippen LogP contribution is -2.28. The second kappa shape index (κ2) is 8.09. The normalized spacial score (nSPS) is 11.1. The Morgan fingerprint density at radius 2 is 1.74 bits per heavy atom. The molecule has 0 aliphatic heterocycles. The Bertz CT molecular complexity index is 1370. The highest BCUT2D eigenvalue weighted by Crippen LogP contribution is 2.24. The molecule has 0 aliphatic rings. The molecule has 9 nitrogen and oxygen atoms in total. The number of aryl methyl sites for hydroxylation is 3. The maximum Gasteiger partial charge on any atom is 0.261 e. The third-order valence-electron chi connectivity index (χ3n) is 4.42. The van der Waals surface area contributed by atoms with Crippen LogP contribution in [0.2, 0.25) is 10.0 Å². The van der Waals surface area contributed by atoms with E-state index in [9.17, 15) is 9.59 Å². The molecule has 0 fully saturated rings. The highest BCUT2D eigenvalue weighted by molar-refractivity contribution is 6.38. The number of nitrogens with zero attached hydrogens (tertiary/aromatic N) is 6. The Kier molecular flexibility index (Phi) is 5.47. The number of hydrogen-bond donors (Lipinski definition) is 1. The summed E-state index contributed by atoms with van der Waals surface area (Å²) in [5.74, 6) is 0.289. The Morgan fingerprint density at radius 3 is 2.45 bits per heavy atom. The van der Waals surface area contributed by atoms with Gasteiger partial charge in [0.05, 0.1) is 27.9 Å². The zero-order chi connectivity index (χ0) is 22.3. The molecule has 31 heavy (non-hydrogen) atoms. The Balaban J connectivity index is 1.63. The molecule has 0 unspecified atom stereocenters. The Morgan fingerprint density at radius 1 is 1.03 bits per heavy atom. The zero-order valence-electron chi connectivity index (χ0n) is 16.8. The lowest BCUT2D eigenvalue weighted by Gasteiger charge is -2.10. The van der Waals surface area contributed by atoms with Crippen LogP contribution in [0.3, 0.4) is 0 Å². The summed E-state index contributed by atoms with van der Waals surface area (Å²) in [6.45, 7) is 5.23. The molecule has 3 heterocycles. The average Bonchev–Trinajstić information content (AvgIpc) is 3.03. The van der Waals surface area contributed by atoms with E-state index < -0.39 is 11.5 Å². The molecule has 1 N–H and O–H groups in total. The van der Waals surface area contributed by atoms with E-state index in [4.69, 9.17) is 23.2 Å². The van der Waals surface area contributed by atoms with Gasteiger partial charge < -0.3 is 5.32 Å². The summed E-state index contributed by atoms with van der Waals surface area (Å²) in [7, 11) is 0. The first kappa shape index (κ1) is 21.0. The van der Waals surface area contributed by atoms with Gasteiger partial charge in [0, 0.05) is 22.5 Å². The first-order chi connectivity index (χ1) is 14.7. The van der Waals surface area contributed by atoms with Crippen LogP contribution < -0.4 is 10.9 Å². The fourth-order valence-corrected chi connectivity index (χ4v) is 3.73. The Hall–Kier alpha value is -3.30. The second-order valence-electron chi connectivity index (χ2n) is 7.04. The van der Waals surface area contributed by atoms with Gasteiger partial charge in [-0.15, -0.1) is 0 Å². The van der Waals surface area contributed by atoms with Crippen LogP contribution in [0.15, 0.2) is 35.4 Å². The number of benzene rings is 1. The quantitative estimate of drug-likeness (QED) is 0.503. The lowest BCUT2D eigenvalue weighted by molar-refractivity contribution is -0.116. The van der Waals surface area contributed by atoms with Crippen LogP contribution in [0.1, 0.15) is 17.1 Å². The van der Waals surface area contributed by atoms with Gasteiger partial charge in [-0.1, -0.05) is 23.2 Å². The van der Waals surface area contributed by atoms with Gasteiger partial charge in [0.1, 0.15) is 12.4 Å². The average molecular weight is 458 g/mol. The molecule has 4 aromatic rings. The van der Waals surface area contributed by atoms with Gasteiger partial charge in [0.15, 0.2) is 0 Å². The molecule has 0 aliphatic carbocycles. The van der Waals surface area contributed by atoms with Gasteiger partial charge in [0.25, 0.3) is 11.5 Å². The smallest absolute Gasteiger partial charge is 0.261 e. The number of halogens is 2. The minimum absolute atomic E-state index is 0.234. The van der Waals surface area contributed by atoms with Crippen molar-refractivity contribution < 1.29 is 4.79 Å². The first-order valence-corrected chi connectivity index (χ1v) is 10.0. The lowest BCUT2D eigenvalue weighted by atomic mass is 10.2. The maximum absolute atomic E-state index is 12.8. The molecule has 1 aromatic carbocycles. The highest BCUT2D eigenvalue weighted by atomic mass is 35.5. The number of fused-ring (bicyclic) bond motifs is 1. The van der Waals surface area contributed by atoms with Crippen LogP contribution in [0.5, 0.6) is 0 Å². The van der Waals surface area contributed by atoms with E-state index in [2.05, 4.69) is 25.4 Å². The zero-order valence-corrected chi connectivity index (χ0v) is 18.4. The standard InChI is InChI=1S/C20H17Cl2N7O2/c1-10-4-11(2)25-20(24-10)29-16(5-12(3)27-29)26-17(30)8-28-9-23-18-14(19(28)31)6-13(21)7-15(18)22/h4-7,9H,8H2,1-3H3,(H,26,30). The number of nitrogens with one attached hydrogen (secondary N) is 1. The van der Waals surface area contributed by atoms with Crippen molar-refractivity contribution in [2.45, 2.75) is 27.3 Å². The molecule has 3 aromatic heterocycles. The summed E-state index contributed by atoms with van der Waals surface area (Å²) < 4.78 is 2.64. The van der Waals surface area contributed by atoms with E-state index in [-0.39, 0.29) is 17.0 Å². The van der Waals surface area contributed by atoms with Crippen molar-refractivity contribution in [3.05, 3.63) is 68.1 Å². The molecule has 0 atom stereocenters. The Labute approximate surface area is 186 Å². The van der Waals surface area contributed by atoms with Gasteiger partial charge in [-0.05, 0) is 39.0 Å². The predicted octanol–water partition coefficient (Wildman–Crippen LogP) is 3.24. The summed E-state index contributed by atoms with van der Waals surface area (Å²) in [5, 5.41) is 7.94. The molecule has 4 rings (SSSR count). The van der Waals surface area contributed by atoms with Gasteiger partial charge in [0.2, 0.25) is 5.91 Å². The molecule has 158 valence electrons. The highest BCUT2D eigenvalue weighted by Gasteiger charge is 2.16. The molecule has 0 saturated carbocycles. The van der Waals surface area contributed by atoms with E-state index in [0.29, 0.717) is 28.0 Å². The molecular weight excluding hydrogens is 441 g/mol. The summed E-state index contributed by atoms with van der Waals surface area (Å²) in [6, 6.07) is 6.52. The van der Waals surface area contributed by atoms with Crippen LogP contribution >= 0.6 is 23.2 Å². The minimum atomic E-state index is -0.443. The van der Waals surface area contributed by atoms with Crippen molar-refractivity contribution >= 4 is 45.8 Å². The molecule has 0 bridgehead atoms. The first-order valence-electron chi connectivity index (χ1n) is 9.24. The van der Waals surface area contributed by atoms with Crippen LogP contribution in [0, 0.1) is 20.8 Å². The molecular formula is C20H17Cl2N7O2. The molecule has 0 saturated heterocycles. The number of carbonyl (C=O) groups excluding carboxylic acids is 1. The SMILES string of the molecule is Cc1cc(C)nc(-n2nc(C)cc2NC(=O)Cn2cnc3c(Cl)cc(Cl)cc3c2=O)n1. The summed E-state index contributed by atoms with van der Waals surface area (Å²) in [5.41, 5.74) is 2.13. The molecule has 0 spiro atoms. The van der Waals surface area contributed by atoms with Gasteiger partial charge in [-0.2, -0.15) is 9.78 Å². The fraction of sp³-hybridized carbons (Fsp3) is 0.200. The molecule has 1 amide bonds. The molecule has 11 heteroatoms. The second-order valence-corrected chi connectivity index (χ2v) is 7.89. The van der Waals surface area contributed by atoms with Crippen LogP contribution in [0.4, 0.5) is 5.82 Å². The van der Waals surface area contributed by atoms with E-state index in [1.165, 1.54) is 27.7 Å². The van der Waals surface area contributed by atoms with E-state index in [1.807, 2.05) is 19.9 Å². The fourth-order valence-electron chi connectivity index (χ4n) is 3.19. The topological polar surface area (TPSA) is 108 Å². The van der Waals surface area contributed by atoms with Gasteiger partial charge in [-0.3, -0.25) is 14.2 Å². The summed E-state index contributed by atoms with van der Waals surface area (Å²) >= 11 is 12.1. The number of hydrogen-bond acceptors (Lipinski definition) is 6. The van der Waals surface area contributed by atoms with Crippen molar-refractivity contribution in [1.29, 1.82) is 0 Å². The van der Waals surface area contributed by atoms with Crippen molar-refractivity contribution in [3.63, 3.8) is 0 Å². The molecule has 0 radical (unpaired) electrons. The van der Waals surface area contributed by atoms with Crippen LogP contribution in [-0.2, 0) is 11.3 Å². The van der Waals surface area contributed by atoms with Crippen molar-refractivity contribution in [2.75, 3.05) is 5.32 Å². The number of aromatic nitrogens is 6. The minimum Gasteiger partial charge on any atom is -0.309 e. The third kappa shape index (κ3) is 4.28. The summed E-state index contributed by atoms with van der Waals surface area (Å²) in [4.78, 5) is 38.4.